The normalized spacial score (nSPS) is 8.71. The van der Waals surface area contributed by atoms with Crippen molar-refractivity contribution in [2.45, 2.75) is 0 Å². The topological polar surface area (TPSA) is 17.1 Å². The minimum atomic E-state index is 0.612. The third-order valence-corrected chi connectivity index (χ3v) is 1.81. The largest absolute Gasteiger partial charge is 0.302 e. The Morgan fingerprint density at radius 2 is 2.43 bits per heavy atom. The molecule has 0 aromatic carbocycles. The van der Waals surface area contributed by atoms with Crippen LogP contribution < -0.4 is 0 Å². The summed E-state index contributed by atoms with van der Waals surface area (Å²) in [5.74, 6) is 2.45. The molecule has 0 unspecified atom stereocenters. The molecule has 0 heterocycles. The molecule has 0 radical (unpaired) electrons. The molecular weight excluding hydrogens is 128 g/mol. The Hall–Kier alpha value is 0.370. The van der Waals surface area contributed by atoms with Gasteiger partial charge in [0, 0.05) is 11.5 Å². The fourth-order valence-corrected chi connectivity index (χ4v) is 0.975. The second-order valence-corrected chi connectivity index (χ2v) is 2.56. The van der Waals surface area contributed by atoms with E-state index in [9.17, 15) is 4.79 Å². The first-order valence-electron chi connectivity index (χ1n) is 2.04. The predicted molar refractivity (Wildman–Crippen MR) is 37.2 cm³/mol. The zero-order valence-corrected chi connectivity index (χ0v) is 5.67. The molecule has 0 N–H and O–H groups in total. The Kier molecular flexibility index (Phi) is 6.71. The lowest BCUT2D eigenvalue weighted by Crippen LogP contribution is -1.82. The average Bonchev–Trinajstić information content (AvgIpc) is 1.69. The first-order valence-corrected chi connectivity index (χ1v) is 3.82. The first-order chi connectivity index (χ1) is 3.41. The van der Waals surface area contributed by atoms with E-state index < -0.39 is 0 Å². The summed E-state index contributed by atoms with van der Waals surface area (Å²) in [4.78, 5) is 9.63. The van der Waals surface area contributed by atoms with Crippen LogP contribution in [-0.4, -0.2) is 23.5 Å². The molecule has 0 amide bonds. The van der Waals surface area contributed by atoms with E-state index in [0.717, 1.165) is 17.8 Å². The fourth-order valence-electron chi connectivity index (χ4n) is 0.196. The van der Waals surface area contributed by atoms with Crippen molar-refractivity contribution in [3.63, 3.8) is 0 Å². The summed E-state index contributed by atoms with van der Waals surface area (Å²) in [6.45, 7) is 0. The van der Waals surface area contributed by atoms with Gasteiger partial charge in [-0.25, -0.2) is 0 Å². The number of thiol groups is 1. The van der Waals surface area contributed by atoms with Gasteiger partial charge in [0.25, 0.3) is 0 Å². The molecule has 0 atom stereocenters. The van der Waals surface area contributed by atoms with E-state index in [2.05, 4.69) is 12.6 Å². The molecule has 0 spiro atoms. The van der Waals surface area contributed by atoms with E-state index in [-0.39, 0.29) is 0 Å². The minimum absolute atomic E-state index is 0.612. The van der Waals surface area contributed by atoms with Gasteiger partial charge >= 0.3 is 0 Å². The van der Waals surface area contributed by atoms with Crippen LogP contribution >= 0.6 is 24.4 Å². The lowest BCUT2D eigenvalue weighted by atomic mass is 10.9. The van der Waals surface area contributed by atoms with Crippen LogP contribution in [0.5, 0.6) is 0 Å². The maximum absolute atomic E-state index is 9.63. The fraction of sp³-hybridized carbons (Fsp3) is 0.750. The highest BCUT2D eigenvalue weighted by Crippen LogP contribution is 1.95. The van der Waals surface area contributed by atoms with Crippen LogP contribution in [0.2, 0.25) is 0 Å². The third kappa shape index (κ3) is 6.37. The number of thioether (sulfide) groups is 1. The van der Waals surface area contributed by atoms with Gasteiger partial charge < -0.3 is 4.79 Å². The summed E-state index contributed by atoms with van der Waals surface area (Å²) >= 11 is 5.57. The molecule has 0 saturated carbocycles. The summed E-state index contributed by atoms with van der Waals surface area (Å²) in [7, 11) is 0. The highest BCUT2D eigenvalue weighted by Gasteiger charge is 1.80. The van der Waals surface area contributed by atoms with Crippen LogP contribution in [0, 0.1) is 0 Å². The lowest BCUT2D eigenvalue weighted by Gasteiger charge is -1.86. The van der Waals surface area contributed by atoms with Gasteiger partial charge in [-0.2, -0.15) is 24.4 Å². The van der Waals surface area contributed by atoms with Crippen LogP contribution in [0.4, 0.5) is 0 Å². The monoisotopic (exact) mass is 136 g/mol. The van der Waals surface area contributed by atoms with Crippen molar-refractivity contribution < 1.29 is 4.79 Å². The van der Waals surface area contributed by atoms with E-state index >= 15 is 0 Å². The Balaban J connectivity index is 2.56. The SMILES string of the molecule is O=CCSCCS. The van der Waals surface area contributed by atoms with Gasteiger partial charge in [0.05, 0.1) is 0 Å². The van der Waals surface area contributed by atoms with Crippen LogP contribution in [0.3, 0.4) is 0 Å². The van der Waals surface area contributed by atoms with E-state index in [1.54, 1.807) is 11.8 Å². The van der Waals surface area contributed by atoms with Crippen molar-refractivity contribution in [3.8, 4) is 0 Å². The highest BCUT2D eigenvalue weighted by molar-refractivity contribution is 8.00. The molecule has 0 saturated heterocycles. The smallest absolute Gasteiger partial charge is 0.129 e. The number of carbonyl (C=O) groups excluding carboxylic acids is 1. The molecule has 0 aromatic heterocycles. The van der Waals surface area contributed by atoms with E-state index in [1.807, 2.05) is 0 Å². The Bertz CT molecular complexity index is 47.0. The molecular formula is C4H8OS2. The van der Waals surface area contributed by atoms with Gasteiger partial charge in [-0.15, -0.1) is 0 Å². The van der Waals surface area contributed by atoms with Gasteiger partial charge in [-0.05, 0) is 5.75 Å². The Labute approximate surface area is 53.3 Å². The average molecular weight is 136 g/mol. The van der Waals surface area contributed by atoms with Crippen LogP contribution in [-0.2, 0) is 4.79 Å². The number of hydrogen-bond acceptors (Lipinski definition) is 3. The molecule has 0 aliphatic carbocycles. The zero-order valence-electron chi connectivity index (χ0n) is 3.96. The predicted octanol–water partition coefficient (Wildman–Crippen LogP) is 0.848. The Morgan fingerprint density at radius 3 is 2.86 bits per heavy atom. The Morgan fingerprint density at radius 1 is 1.71 bits per heavy atom. The van der Waals surface area contributed by atoms with Crippen LogP contribution in [0.1, 0.15) is 0 Å². The number of carbonyl (C=O) groups is 1. The number of hydrogen-bond donors (Lipinski definition) is 1. The second kappa shape index (κ2) is 6.37. The number of aldehydes is 1. The van der Waals surface area contributed by atoms with Crippen molar-refractivity contribution in [2.75, 3.05) is 17.3 Å². The molecule has 0 rings (SSSR count). The first kappa shape index (κ1) is 7.37. The quantitative estimate of drug-likeness (QED) is 0.350. The minimum Gasteiger partial charge on any atom is -0.302 e. The third-order valence-electron chi connectivity index (χ3n) is 0.422. The van der Waals surface area contributed by atoms with Gasteiger partial charge in [0.15, 0.2) is 0 Å². The molecule has 0 aliphatic rings. The molecule has 7 heavy (non-hydrogen) atoms. The van der Waals surface area contributed by atoms with Gasteiger partial charge in [0.1, 0.15) is 6.29 Å². The van der Waals surface area contributed by atoms with E-state index in [1.165, 1.54) is 0 Å². The summed E-state index contributed by atoms with van der Waals surface area (Å²) in [6, 6.07) is 0. The van der Waals surface area contributed by atoms with E-state index in [0.29, 0.717) is 5.75 Å². The zero-order chi connectivity index (χ0) is 5.54. The molecule has 3 heteroatoms. The van der Waals surface area contributed by atoms with Crippen molar-refractivity contribution in [1.82, 2.24) is 0 Å². The standard InChI is InChI=1S/C4H8OS2/c5-1-3-7-4-2-6/h1,6H,2-4H2. The van der Waals surface area contributed by atoms with Crippen LogP contribution in [0.15, 0.2) is 0 Å². The summed E-state index contributed by atoms with van der Waals surface area (Å²) in [5, 5.41) is 0. The molecule has 1 nitrogen and oxygen atoms in total. The maximum atomic E-state index is 9.63. The molecule has 42 valence electrons. The van der Waals surface area contributed by atoms with Crippen molar-refractivity contribution in [3.05, 3.63) is 0 Å². The van der Waals surface area contributed by atoms with Crippen molar-refractivity contribution in [1.29, 1.82) is 0 Å². The van der Waals surface area contributed by atoms with Gasteiger partial charge in [-0.1, -0.05) is 0 Å². The summed E-state index contributed by atoms with van der Waals surface area (Å²) in [6.07, 6.45) is 0.911. The summed E-state index contributed by atoms with van der Waals surface area (Å²) < 4.78 is 0. The molecule has 0 bridgehead atoms. The van der Waals surface area contributed by atoms with Gasteiger partial charge in [0.2, 0.25) is 0 Å². The summed E-state index contributed by atoms with van der Waals surface area (Å²) in [5.41, 5.74) is 0. The van der Waals surface area contributed by atoms with E-state index in [4.69, 9.17) is 0 Å². The van der Waals surface area contributed by atoms with Crippen LogP contribution in [0.25, 0.3) is 0 Å². The maximum Gasteiger partial charge on any atom is 0.129 e. The molecule has 0 fully saturated rings. The second-order valence-electron chi connectivity index (χ2n) is 0.965. The van der Waals surface area contributed by atoms with Gasteiger partial charge in [-0.3, -0.25) is 0 Å². The molecule has 0 aliphatic heterocycles. The van der Waals surface area contributed by atoms with Crippen molar-refractivity contribution >= 4 is 30.7 Å². The van der Waals surface area contributed by atoms with Crippen molar-refractivity contribution in [2.24, 2.45) is 0 Å². The lowest BCUT2D eigenvalue weighted by molar-refractivity contribution is -0.105. The molecule has 0 aromatic rings. The highest BCUT2D eigenvalue weighted by atomic mass is 32.2. The number of rotatable bonds is 4.